The lowest BCUT2D eigenvalue weighted by atomic mass is 10.2. The van der Waals surface area contributed by atoms with Gasteiger partial charge in [0.25, 0.3) is 8.41 Å². The van der Waals surface area contributed by atoms with Gasteiger partial charge in [-0.05, 0) is 23.9 Å². The van der Waals surface area contributed by atoms with E-state index in [9.17, 15) is 4.11 Å². The molecule has 0 aliphatic rings. The van der Waals surface area contributed by atoms with Crippen LogP contribution in [0.4, 0.5) is 4.11 Å². The van der Waals surface area contributed by atoms with E-state index in [2.05, 4.69) is 6.58 Å². The van der Waals surface area contributed by atoms with Crippen LogP contribution in [0.2, 0.25) is 13.1 Å². The van der Waals surface area contributed by atoms with E-state index in [-0.39, 0.29) is 0 Å². The van der Waals surface area contributed by atoms with Crippen molar-refractivity contribution in [3.05, 3.63) is 42.5 Å². The number of hydrogen-bond acceptors (Lipinski definition) is 0. The highest BCUT2D eigenvalue weighted by Crippen LogP contribution is 2.24. The van der Waals surface area contributed by atoms with Crippen LogP contribution >= 0.6 is 0 Å². The molecule has 0 unspecified atom stereocenters. The lowest BCUT2D eigenvalue weighted by Gasteiger charge is -2.14. The van der Waals surface area contributed by atoms with Gasteiger partial charge in [-0.15, -0.1) is 0 Å². The molecule has 1 aromatic rings. The van der Waals surface area contributed by atoms with Gasteiger partial charge >= 0.3 is 0 Å². The van der Waals surface area contributed by atoms with Crippen molar-refractivity contribution >= 4 is 13.6 Å². The molecule has 0 aliphatic carbocycles. The molecule has 12 heavy (non-hydrogen) atoms. The van der Waals surface area contributed by atoms with Gasteiger partial charge in [-0.3, -0.25) is 0 Å². The van der Waals surface area contributed by atoms with E-state index in [1.54, 1.807) is 13.1 Å². The van der Waals surface area contributed by atoms with Crippen LogP contribution < -0.4 is 0 Å². The maximum absolute atomic E-state index is 13.5. The number of rotatable bonds is 2. The standard InChI is InChI=1S/C10H13FSi/c1-9(12(2,3)11)10-7-5-4-6-8-10/h4-8H,1H2,2-3H3. The van der Waals surface area contributed by atoms with E-state index in [0.29, 0.717) is 5.20 Å². The van der Waals surface area contributed by atoms with Gasteiger partial charge in [-0.25, -0.2) is 0 Å². The van der Waals surface area contributed by atoms with Crippen LogP contribution in [0.15, 0.2) is 36.9 Å². The minimum atomic E-state index is -2.70. The monoisotopic (exact) mass is 180 g/mol. The molecule has 0 saturated carbocycles. The highest BCUT2D eigenvalue weighted by Gasteiger charge is 2.25. The van der Waals surface area contributed by atoms with Crippen molar-refractivity contribution in [3.63, 3.8) is 0 Å². The Morgan fingerprint density at radius 3 is 2.17 bits per heavy atom. The first-order valence-electron chi connectivity index (χ1n) is 3.95. The summed E-state index contributed by atoms with van der Waals surface area (Å²) in [6, 6.07) is 9.53. The van der Waals surface area contributed by atoms with Gasteiger partial charge in [0.15, 0.2) is 0 Å². The number of halogens is 1. The third-order valence-electron chi connectivity index (χ3n) is 1.84. The average Bonchev–Trinajstić information content (AvgIpc) is 2.03. The minimum Gasteiger partial charge on any atom is -0.308 e. The molecule has 0 amide bonds. The summed E-state index contributed by atoms with van der Waals surface area (Å²) >= 11 is 0. The third-order valence-corrected chi connectivity index (χ3v) is 3.56. The molecule has 0 N–H and O–H groups in total. The maximum Gasteiger partial charge on any atom is 0.271 e. The van der Waals surface area contributed by atoms with Gasteiger partial charge in [-0.1, -0.05) is 36.9 Å². The zero-order valence-electron chi connectivity index (χ0n) is 7.47. The molecule has 64 valence electrons. The van der Waals surface area contributed by atoms with E-state index in [1.165, 1.54) is 0 Å². The van der Waals surface area contributed by atoms with Crippen LogP contribution in [-0.4, -0.2) is 8.41 Å². The van der Waals surface area contributed by atoms with Gasteiger partial charge in [0.05, 0.1) is 0 Å². The van der Waals surface area contributed by atoms with E-state index in [0.717, 1.165) is 5.56 Å². The highest BCUT2D eigenvalue weighted by molar-refractivity contribution is 6.88. The quantitative estimate of drug-likeness (QED) is 0.483. The largest absolute Gasteiger partial charge is 0.308 e. The van der Waals surface area contributed by atoms with Crippen molar-refractivity contribution in [3.8, 4) is 0 Å². The van der Waals surface area contributed by atoms with Crippen molar-refractivity contribution < 1.29 is 4.11 Å². The molecule has 0 spiro atoms. The van der Waals surface area contributed by atoms with Crippen LogP contribution in [0, 0.1) is 0 Å². The summed E-state index contributed by atoms with van der Waals surface area (Å²) in [5, 5.41) is 0.670. The van der Waals surface area contributed by atoms with E-state index >= 15 is 0 Å². The molecule has 1 rings (SSSR count). The first-order chi connectivity index (χ1) is 5.52. The van der Waals surface area contributed by atoms with E-state index < -0.39 is 8.41 Å². The van der Waals surface area contributed by atoms with E-state index in [4.69, 9.17) is 0 Å². The molecule has 0 nitrogen and oxygen atoms in total. The SMILES string of the molecule is C=C(c1ccccc1)[Si](C)(C)F. The Hall–Kier alpha value is -0.893. The second-order valence-electron chi connectivity index (χ2n) is 3.32. The summed E-state index contributed by atoms with van der Waals surface area (Å²) in [7, 11) is -2.70. The average molecular weight is 180 g/mol. The van der Waals surface area contributed by atoms with Crippen LogP contribution in [0.25, 0.3) is 5.20 Å². The molecule has 0 radical (unpaired) electrons. The fourth-order valence-electron chi connectivity index (χ4n) is 0.983. The molecule has 0 bridgehead atoms. The third kappa shape index (κ3) is 2.05. The van der Waals surface area contributed by atoms with Crippen molar-refractivity contribution in [2.24, 2.45) is 0 Å². The topological polar surface area (TPSA) is 0 Å². The van der Waals surface area contributed by atoms with Gasteiger partial charge in [0, 0.05) is 0 Å². The zero-order valence-corrected chi connectivity index (χ0v) is 8.47. The Balaban J connectivity index is 2.94. The normalized spacial score (nSPS) is 11.2. The molecular weight excluding hydrogens is 167 g/mol. The first kappa shape index (κ1) is 9.20. The Kier molecular flexibility index (Phi) is 2.48. The molecule has 0 heterocycles. The molecule has 0 fully saturated rings. The summed E-state index contributed by atoms with van der Waals surface area (Å²) in [5.74, 6) is 0. The zero-order chi connectivity index (χ0) is 9.19. The summed E-state index contributed by atoms with van der Waals surface area (Å²) < 4.78 is 13.5. The van der Waals surface area contributed by atoms with Crippen LogP contribution in [0.1, 0.15) is 5.56 Å². The Labute approximate surface area is 73.9 Å². The molecule has 2 heteroatoms. The van der Waals surface area contributed by atoms with Gasteiger partial charge < -0.3 is 4.11 Å². The van der Waals surface area contributed by atoms with Gasteiger partial charge in [0.2, 0.25) is 0 Å². The van der Waals surface area contributed by atoms with Gasteiger partial charge in [-0.2, -0.15) is 0 Å². The molecule has 1 aromatic carbocycles. The number of hydrogen-bond donors (Lipinski definition) is 0. The molecule has 0 aromatic heterocycles. The van der Waals surface area contributed by atoms with Crippen molar-refractivity contribution in [1.82, 2.24) is 0 Å². The fraction of sp³-hybridized carbons (Fsp3) is 0.200. The summed E-state index contributed by atoms with van der Waals surface area (Å²) in [5.41, 5.74) is 0.927. The maximum atomic E-state index is 13.5. The Morgan fingerprint density at radius 1 is 1.25 bits per heavy atom. The Bertz CT molecular complexity index is 272. The molecule has 0 atom stereocenters. The van der Waals surface area contributed by atoms with Crippen molar-refractivity contribution in [1.29, 1.82) is 0 Å². The van der Waals surface area contributed by atoms with Crippen molar-refractivity contribution in [2.75, 3.05) is 0 Å². The lowest BCUT2D eigenvalue weighted by molar-refractivity contribution is 0.824. The van der Waals surface area contributed by atoms with E-state index in [1.807, 2.05) is 30.3 Å². The second-order valence-corrected chi connectivity index (χ2v) is 6.87. The molecule has 0 saturated heterocycles. The van der Waals surface area contributed by atoms with Crippen LogP contribution in [0.5, 0.6) is 0 Å². The van der Waals surface area contributed by atoms with Crippen LogP contribution in [0.3, 0.4) is 0 Å². The second kappa shape index (κ2) is 3.23. The lowest BCUT2D eigenvalue weighted by Crippen LogP contribution is -2.20. The van der Waals surface area contributed by atoms with Crippen molar-refractivity contribution in [2.45, 2.75) is 13.1 Å². The Morgan fingerprint density at radius 2 is 1.75 bits per heavy atom. The van der Waals surface area contributed by atoms with Gasteiger partial charge in [0.1, 0.15) is 0 Å². The van der Waals surface area contributed by atoms with Crippen LogP contribution in [-0.2, 0) is 0 Å². The first-order valence-corrected chi connectivity index (χ1v) is 6.83. The summed E-state index contributed by atoms with van der Waals surface area (Å²) in [4.78, 5) is 0. The minimum absolute atomic E-state index is 0.670. The number of benzene rings is 1. The summed E-state index contributed by atoms with van der Waals surface area (Å²) in [6.07, 6.45) is 0. The highest BCUT2D eigenvalue weighted by atomic mass is 28.4. The smallest absolute Gasteiger partial charge is 0.271 e. The fourth-order valence-corrected chi connectivity index (χ4v) is 1.84. The predicted molar refractivity (Wildman–Crippen MR) is 54.1 cm³/mol. The molecule has 0 aliphatic heterocycles. The summed E-state index contributed by atoms with van der Waals surface area (Å²) in [6.45, 7) is 7.09. The molecular formula is C10H13FSi. The predicted octanol–water partition coefficient (Wildman–Crippen LogP) is 3.41.